The molecule has 0 aliphatic heterocycles. The minimum Gasteiger partial charge on any atom is -0.326 e. The summed E-state index contributed by atoms with van der Waals surface area (Å²) in [6.07, 6.45) is -2.62. The molecule has 6 heteroatoms. The van der Waals surface area contributed by atoms with Crippen LogP contribution in [0.25, 0.3) is 0 Å². The summed E-state index contributed by atoms with van der Waals surface area (Å²) < 4.78 is 25.0. The number of nitriles is 1. The molecule has 1 aromatic rings. The highest BCUT2D eigenvalue weighted by Gasteiger charge is 2.18. The van der Waals surface area contributed by atoms with Gasteiger partial charge >= 0.3 is 0 Å². The van der Waals surface area contributed by atoms with Crippen LogP contribution >= 0.6 is 0 Å². The highest BCUT2D eigenvalue weighted by atomic mass is 19.3. The van der Waals surface area contributed by atoms with Gasteiger partial charge in [0.2, 0.25) is 0 Å². The SMILES string of the molecule is N#Cc1cc(CN)c(C=O)c(C(F)F)n1. The van der Waals surface area contributed by atoms with E-state index in [-0.39, 0.29) is 29.7 Å². The third kappa shape index (κ3) is 2.14. The molecule has 1 aromatic heterocycles. The Bertz CT molecular complexity index is 426. The Balaban J connectivity index is 3.47. The zero-order valence-corrected chi connectivity index (χ0v) is 7.58. The number of nitrogens with zero attached hydrogens (tertiary/aromatic N) is 2. The Hall–Kier alpha value is -1.87. The number of rotatable bonds is 3. The lowest BCUT2D eigenvalue weighted by molar-refractivity contribution is 0.110. The highest BCUT2D eigenvalue weighted by molar-refractivity contribution is 5.79. The molecule has 0 amide bonds. The highest BCUT2D eigenvalue weighted by Crippen LogP contribution is 2.22. The zero-order valence-electron chi connectivity index (χ0n) is 7.58. The van der Waals surface area contributed by atoms with Gasteiger partial charge in [-0.2, -0.15) is 5.26 Å². The summed E-state index contributed by atoms with van der Waals surface area (Å²) in [7, 11) is 0. The number of alkyl halides is 2. The van der Waals surface area contributed by atoms with Gasteiger partial charge in [-0.1, -0.05) is 0 Å². The Labute approximate surface area is 84.3 Å². The van der Waals surface area contributed by atoms with Crippen LogP contribution in [0.15, 0.2) is 6.07 Å². The summed E-state index contributed by atoms with van der Waals surface area (Å²) in [6.45, 7) is -0.0923. The Morgan fingerprint density at radius 1 is 1.67 bits per heavy atom. The molecule has 0 saturated carbocycles. The van der Waals surface area contributed by atoms with Crippen molar-refractivity contribution in [3.05, 3.63) is 28.6 Å². The molecule has 0 aromatic carbocycles. The third-order valence-electron chi connectivity index (χ3n) is 1.83. The smallest absolute Gasteiger partial charge is 0.281 e. The molecule has 78 valence electrons. The number of hydrogen-bond acceptors (Lipinski definition) is 4. The van der Waals surface area contributed by atoms with E-state index in [0.717, 1.165) is 0 Å². The van der Waals surface area contributed by atoms with Gasteiger partial charge in [-0.25, -0.2) is 13.8 Å². The van der Waals surface area contributed by atoms with E-state index < -0.39 is 12.1 Å². The quantitative estimate of drug-likeness (QED) is 0.761. The molecule has 0 atom stereocenters. The first-order valence-electron chi connectivity index (χ1n) is 4.01. The first-order chi connectivity index (χ1) is 7.13. The van der Waals surface area contributed by atoms with Crippen LogP contribution in [0.1, 0.15) is 33.7 Å². The molecule has 4 nitrogen and oxygen atoms in total. The summed E-state index contributed by atoms with van der Waals surface area (Å²) in [4.78, 5) is 14.0. The van der Waals surface area contributed by atoms with E-state index in [2.05, 4.69) is 4.98 Å². The third-order valence-corrected chi connectivity index (χ3v) is 1.83. The molecule has 0 radical (unpaired) electrons. The van der Waals surface area contributed by atoms with Crippen molar-refractivity contribution >= 4 is 6.29 Å². The fourth-order valence-corrected chi connectivity index (χ4v) is 1.16. The summed E-state index contributed by atoms with van der Waals surface area (Å²) >= 11 is 0. The molecule has 2 N–H and O–H groups in total. The average Bonchev–Trinajstić information content (AvgIpc) is 2.26. The standard InChI is InChI=1S/C9H7F2N3O/c10-9(11)8-7(4-15)5(2-12)1-6(3-13)14-8/h1,4,9H,2,12H2. The van der Waals surface area contributed by atoms with E-state index in [0.29, 0.717) is 0 Å². The van der Waals surface area contributed by atoms with E-state index in [1.165, 1.54) is 6.07 Å². The molecule has 1 heterocycles. The number of aromatic nitrogens is 1. The first-order valence-corrected chi connectivity index (χ1v) is 4.01. The lowest BCUT2D eigenvalue weighted by atomic mass is 10.1. The van der Waals surface area contributed by atoms with Crippen LogP contribution in [0.2, 0.25) is 0 Å². The van der Waals surface area contributed by atoms with Crippen molar-refractivity contribution in [1.82, 2.24) is 4.98 Å². The van der Waals surface area contributed by atoms with Gasteiger partial charge in [-0.3, -0.25) is 4.79 Å². The molecule has 1 rings (SSSR count). The van der Waals surface area contributed by atoms with E-state index in [1.54, 1.807) is 6.07 Å². The monoisotopic (exact) mass is 211 g/mol. The Morgan fingerprint density at radius 3 is 2.73 bits per heavy atom. The van der Waals surface area contributed by atoms with Gasteiger partial charge in [0, 0.05) is 12.1 Å². The Kier molecular flexibility index (Phi) is 3.42. The number of aldehydes is 1. The van der Waals surface area contributed by atoms with E-state index >= 15 is 0 Å². The average molecular weight is 211 g/mol. The van der Waals surface area contributed by atoms with E-state index in [9.17, 15) is 13.6 Å². The van der Waals surface area contributed by atoms with Gasteiger partial charge in [0.15, 0.2) is 6.29 Å². The predicted molar refractivity (Wildman–Crippen MR) is 47.2 cm³/mol. The molecule has 0 unspecified atom stereocenters. The topological polar surface area (TPSA) is 79.8 Å². The summed E-state index contributed by atoms with van der Waals surface area (Å²) in [5, 5.41) is 8.54. The zero-order chi connectivity index (χ0) is 11.4. The number of halogens is 2. The first kappa shape index (κ1) is 11.2. The van der Waals surface area contributed by atoms with Crippen LogP contribution in [-0.2, 0) is 6.54 Å². The molecule has 15 heavy (non-hydrogen) atoms. The number of nitrogens with two attached hydrogens (primary N) is 1. The van der Waals surface area contributed by atoms with Crippen molar-refractivity contribution in [1.29, 1.82) is 5.26 Å². The molecular formula is C9H7F2N3O. The van der Waals surface area contributed by atoms with E-state index in [4.69, 9.17) is 11.0 Å². The van der Waals surface area contributed by atoms with Gasteiger partial charge in [-0.15, -0.1) is 0 Å². The van der Waals surface area contributed by atoms with Crippen LogP contribution in [0.5, 0.6) is 0 Å². The lowest BCUT2D eigenvalue weighted by Crippen LogP contribution is -2.08. The normalized spacial score (nSPS) is 10.1. The second-order valence-corrected chi connectivity index (χ2v) is 2.70. The maximum absolute atomic E-state index is 12.5. The maximum Gasteiger partial charge on any atom is 0.281 e. The van der Waals surface area contributed by atoms with Gasteiger partial charge in [-0.05, 0) is 11.6 Å². The second-order valence-electron chi connectivity index (χ2n) is 2.70. The van der Waals surface area contributed by atoms with Crippen molar-refractivity contribution in [3.63, 3.8) is 0 Å². The number of hydrogen-bond donors (Lipinski definition) is 1. The number of carbonyl (C=O) groups is 1. The van der Waals surface area contributed by atoms with Gasteiger partial charge in [0.05, 0.1) is 0 Å². The molecule has 0 bridgehead atoms. The van der Waals surface area contributed by atoms with Crippen LogP contribution in [0, 0.1) is 11.3 Å². The largest absolute Gasteiger partial charge is 0.326 e. The van der Waals surface area contributed by atoms with Crippen LogP contribution in [0.3, 0.4) is 0 Å². The predicted octanol–water partition coefficient (Wildman–Crippen LogP) is 1.16. The fourth-order valence-electron chi connectivity index (χ4n) is 1.16. The van der Waals surface area contributed by atoms with Gasteiger partial charge in [0.25, 0.3) is 6.43 Å². The molecule has 0 spiro atoms. The maximum atomic E-state index is 12.5. The van der Waals surface area contributed by atoms with Crippen molar-refractivity contribution in [2.24, 2.45) is 5.73 Å². The van der Waals surface area contributed by atoms with Crippen LogP contribution < -0.4 is 5.73 Å². The van der Waals surface area contributed by atoms with Crippen LogP contribution in [-0.4, -0.2) is 11.3 Å². The number of carbonyl (C=O) groups excluding carboxylic acids is 1. The molecule has 0 fully saturated rings. The van der Waals surface area contributed by atoms with Crippen molar-refractivity contribution in [3.8, 4) is 6.07 Å². The molecule has 0 aliphatic rings. The van der Waals surface area contributed by atoms with E-state index in [1.807, 2.05) is 0 Å². The van der Waals surface area contributed by atoms with Gasteiger partial charge < -0.3 is 5.73 Å². The number of pyridine rings is 1. The summed E-state index contributed by atoms with van der Waals surface area (Å²) in [6, 6.07) is 2.86. The van der Waals surface area contributed by atoms with Crippen molar-refractivity contribution < 1.29 is 13.6 Å². The lowest BCUT2D eigenvalue weighted by Gasteiger charge is -2.07. The summed E-state index contributed by atoms with van der Waals surface area (Å²) in [5.41, 5.74) is 4.39. The molecule has 0 saturated heterocycles. The minimum absolute atomic E-state index is 0.0923. The molecular weight excluding hydrogens is 204 g/mol. The Morgan fingerprint density at radius 2 is 2.33 bits per heavy atom. The second kappa shape index (κ2) is 4.57. The van der Waals surface area contributed by atoms with Crippen LogP contribution in [0.4, 0.5) is 8.78 Å². The fraction of sp³-hybridized carbons (Fsp3) is 0.222. The molecule has 0 aliphatic carbocycles. The van der Waals surface area contributed by atoms with Crippen molar-refractivity contribution in [2.45, 2.75) is 13.0 Å². The van der Waals surface area contributed by atoms with Gasteiger partial charge in [0.1, 0.15) is 17.5 Å². The van der Waals surface area contributed by atoms with Crippen molar-refractivity contribution in [2.75, 3.05) is 0 Å². The minimum atomic E-state index is -2.90. The summed E-state index contributed by atoms with van der Waals surface area (Å²) in [5.74, 6) is 0.